The fourth-order valence-electron chi connectivity index (χ4n) is 1.87. The molecule has 0 radical (unpaired) electrons. The normalized spacial score (nSPS) is 12.9. The zero-order chi connectivity index (χ0) is 14.3. The van der Waals surface area contributed by atoms with Crippen molar-refractivity contribution in [3.05, 3.63) is 35.9 Å². The van der Waals surface area contributed by atoms with E-state index < -0.39 is 20.9 Å². The molecule has 0 heterocycles. The van der Waals surface area contributed by atoms with Crippen LogP contribution in [0.1, 0.15) is 18.4 Å². The number of esters is 1. The van der Waals surface area contributed by atoms with Gasteiger partial charge in [-0.25, -0.2) is 8.42 Å². The van der Waals surface area contributed by atoms with Gasteiger partial charge >= 0.3 is 5.97 Å². The molecule has 6 heteroatoms. The lowest BCUT2D eigenvalue weighted by atomic mass is 10.0. The van der Waals surface area contributed by atoms with Gasteiger partial charge in [-0.05, 0) is 24.8 Å². The van der Waals surface area contributed by atoms with Crippen molar-refractivity contribution in [3.8, 4) is 0 Å². The SMILES string of the molecule is COC(=O)C(CCCc1ccccc1)CS(=O)(=O)Cl. The van der Waals surface area contributed by atoms with E-state index in [0.29, 0.717) is 12.8 Å². The molecule has 0 bridgehead atoms. The number of hydrogen-bond acceptors (Lipinski definition) is 4. The minimum atomic E-state index is -3.70. The van der Waals surface area contributed by atoms with Crippen molar-refractivity contribution in [2.24, 2.45) is 5.92 Å². The predicted octanol–water partition coefficient (Wildman–Crippen LogP) is 2.37. The molecule has 1 atom stereocenters. The van der Waals surface area contributed by atoms with Crippen molar-refractivity contribution in [2.75, 3.05) is 12.9 Å². The molecule has 1 aromatic carbocycles. The van der Waals surface area contributed by atoms with Crippen LogP contribution in [0.5, 0.6) is 0 Å². The zero-order valence-electron chi connectivity index (χ0n) is 10.7. The third-order valence-electron chi connectivity index (χ3n) is 2.80. The summed E-state index contributed by atoms with van der Waals surface area (Å²) in [5.41, 5.74) is 1.15. The van der Waals surface area contributed by atoms with E-state index in [-0.39, 0.29) is 5.75 Å². The highest BCUT2D eigenvalue weighted by atomic mass is 35.7. The number of rotatable bonds is 7. The number of carbonyl (C=O) groups is 1. The summed E-state index contributed by atoms with van der Waals surface area (Å²) in [5.74, 6) is -1.61. The number of aryl methyl sites for hydroxylation is 1. The van der Waals surface area contributed by atoms with Gasteiger partial charge in [0.15, 0.2) is 0 Å². The molecule has 1 rings (SSSR count). The quantitative estimate of drug-likeness (QED) is 0.573. The summed E-state index contributed by atoms with van der Waals surface area (Å²) in [6, 6.07) is 9.80. The van der Waals surface area contributed by atoms with Gasteiger partial charge < -0.3 is 4.74 Å². The number of hydrogen-bond donors (Lipinski definition) is 0. The lowest BCUT2D eigenvalue weighted by molar-refractivity contribution is -0.144. The highest BCUT2D eigenvalue weighted by Gasteiger charge is 2.24. The molecule has 0 saturated carbocycles. The van der Waals surface area contributed by atoms with Gasteiger partial charge in [0.25, 0.3) is 0 Å². The third-order valence-corrected chi connectivity index (χ3v) is 3.97. The molecule has 1 aromatic rings. The van der Waals surface area contributed by atoms with E-state index in [1.807, 2.05) is 30.3 Å². The van der Waals surface area contributed by atoms with Crippen LogP contribution in [-0.4, -0.2) is 27.2 Å². The standard InChI is InChI=1S/C13H17ClO4S/c1-18-13(15)12(10-19(14,16)17)9-5-8-11-6-3-2-4-7-11/h2-4,6-7,12H,5,8-10H2,1H3. The molecule has 0 aliphatic carbocycles. The first-order valence-electron chi connectivity index (χ1n) is 5.96. The lowest BCUT2D eigenvalue weighted by Gasteiger charge is -2.12. The lowest BCUT2D eigenvalue weighted by Crippen LogP contribution is -2.23. The Morgan fingerprint density at radius 1 is 1.32 bits per heavy atom. The second-order valence-corrected chi connectivity index (χ2v) is 7.13. The van der Waals surface area contributed by atoms with E-state index in [2.05, 4.69) is 4.74 Å². The van der Waals surface area contributed by atoms with Crippen molar-refractivity contribution < 1.29 is 17.9 Å². The molecule has 0 spiro atoms. The van der Waals surface area contributed by atoms with Gasteiger partial charge in [0, 0.05) is 10.7 Å². The summed E-state index contributed by atoms with van der Waals surface area (Å²) in [5, 5.41) is 0. The third kappa shape index (κ3) is 6.59. The van der Waals surface area contributed by atoms with E-state index in [1.54, 1.807) is 0 Å². The monoisotopic (exact) mass is 304 g/mol. The average Bonchev–Trinajstić information content (AvgIpc) is 2.36. The van der Waals surface area contributed by atoms with Crippen molar-refractivity contribution in [1.29, 1.82) is 0 Å². The van der Waals surface area contributed by atoms with Crippen molar-refractivity contribution in [1.82, 2.24) is 0 Å². The number of benzene rings is 1. The largest absolute Gasteiger partial charge is 0.469 e. The molecule has 1 unspecified atom stereocenters. The summed E-state index contributed by atoms with van der Waals surface area (Å²) < 4.78 is 26.7. The van der Waals surface area contributed by atoms with Gasteiger partial charge in [-0.3, -0.25) is 4.79 Å². The number of halogens is 1. The molecule has 0 aromatic heterocycles. The van der Waals surface area contributed by atoms with Crippen molar-refractivity contribution in [2.45, 2.75) is 19.3 Å². The molecule has 106 valence electrons. The molecule has 19 heavy (non-hydrogen) atoms. The Morgan fingerprint density at radius 3 is 2.47 bits per heavy atom. The van der Waals surface area contributed by atoms with Crippen LogP contribution in [0.2, 0.25) is 0 Å². The zero-order valence-corrected chi connectivity index (χ0v) is 12.3. The maximum atomic E-state index is 11.5. The number of ether oxygens (including phenoxy) is 1. The molecule has 0 amide bonds. The predicted molar refractivity (Wildman–Crippen MR) is 74.5 cm³/mol. The summed E-state index contributed by atoms with van der Waals surface area (Å²) in [4.78, 5) is 11.5. The van der Waals surface area contributed by atoms with Gasteiger partial charge in [-0.15, -0.1) is 0 Å². The molecular weight excluding hydrogens is 288 g/mol. The van der Waals surface area contributed by atoms with Gasteiger partial charge in [0.05, 0.1) is 18.8 Å². The van der Waals surface area contributed by atoms with Crippen LogP contribution in [-0.2, 0) is 25.0 Å². The van der Waals surface area contributed by atoms with E-state index >= 15 is 0 Å². The van der Waals surface area contributed by atoms with Crippen LogP contribution in [0, 0.1) is 5.92 Å². The van der Waals surface area contributed by atoms with Crippen LogP contribution in [0.25, 0.3) is 0 Å². The first kappa shape index (κ1) is 16.0. The maximum absolute atomic E-state index is 11.5. The van der Waals surface area contributed by atoms with E-state index in [9.17, 15) is 13.2 Å². The van der Waals surface area contributed by atoms with Crippen LogP contribution in [0.4, 0.5) is 0 Å². The Balaban J connectivity index is 2.52. The van der Waals surface area contributed by atoms with Gasteiger partial charge in [-0.1, -0.05) is 30.3 Å². The first-order chi connectivity index (χ1) is 8.92. The smallest absolute Gasteiger partial charge is 0.309 e. The summed E-state index contributed by atoms with van der Waals surface area (Å²) >= 11 is 0. The highest BCUT2D eigenvalue weighted by Crippen LogP contribution is 2.16. The van der Waals surface area contributed by atoms with Crippen LogP contribution < -0.4 is 0 Å². The Morgan fingerprint density at radius 2 is 1.95 bits per heavy atom. The minimum absolute atomic E-state index is 0.379. The average molecular weight is 305 g/mol. The summed E-state index contributed by atoms with van der Waals surface area (Å²) in [6.45, 7) is 0. The summed E-state index contributed by atoms with van der Waals surface area (Å²) in [7, 11) is 2.73. The Kier molecular flexibility index (Phi) is 6.31. The van der Waals surface area contributed by atoms with Crippen molar-refractivity contribution in [3.63, 3.8) is 0 Å². The molecular formula is C13H17ClO4S. The van der Waals surface area contributed by atoms with Crippen LogP contribution in [0.3, 0.4) is 0 Å². The molecule has 0 fully saturated rings. The maximum Gasteiger partial charge on any atom is 0.309 e. The number of carbonyl (C=O) groups excluding carboxylic acids is 1. The van der Waals surface area contributed by atoms with E-state index in [4.69, 9.17) is 10.7 Å². The van der Waals surface area contributed by atoms with Crippen LogP contribution >= 0.6 is 10.7 Å². The molecule has 0 aliphatic heterocycles. The second-order valence-electron chi connectivity index (χ2n) is 4.30. The molecule has 0 saturated heterocycles. The Labute approximate surface area is 118 Å². The topological polar surface area (TPSA) is 60.4 Å². The van der Waals surface area contributed by atoms with Gasteiger partial charge in [0.2, 0.25) is 9.05 Å². The van der Waals surface area contributed by atoms with E-state index in [0.717, 1.165) is 12.0 Å². The fraction of sp³-hybridized carbons (Fsp3) is 0.462. The minimum Gasteiger partial charge on any atom is -0.469 e. The first-order valence-corrected chi connectivity index (χ1v) is 8.44. The van der Waals surface area contributed by atoms with Crippen molar-refractivity contribution >= 4 is 25.7 Å². The van der Waals surface area contributed by atoms with E-state index in [1.165, 1.54) is 7.11 Å². The Hall–Kier alpha value is -1.07. The second kappa shape index (κ2) is 7.50. The molecule has 0 aliphatic rings. The van der Waals surface area contributed by atoms with Gasteiger partial charge in [0.1, 0.15) is 0 Å². The highest BCUT2D eigenvalue weighted by molar-refractivity contribution is 8.13. The number of methoxy groups -OCH3 is 1. The van der Waals surface area contributed by atoms with Crippen LogP contribution in [0.15, 0.2) is 30.3 Å². The fourth-order valence-corrected chi connectivity index (χ4v) is 3.11. The van der Waals surface area contributed by atoms with Gasteiger partial charge in [-0.2, -0.15) is 0 Å². The Bertz CT molecular complexity index is 499. The summed E-state index contributed by atoms with van der Waals surface area (Å²) in [6.07, 6.45) is 1.93. The molecule has 4 nitrogen and oxygen atoms in total. The molecule has 0 N–H and O–H groups in total.